The number of aromatic nitrogens is 4. The SMILES string of the molecule is COc1ccc(N2CCN(C(=O)CSc3nnc4c5ccccc5n(C)c4n3)CC2)cc1. The Bertz CT molecular complexity index is 1260. The number of benzene rings is 2. The fourth-order valence-corrected chi connectivity index (χ4v) is 4.76. The molecule has 4 aromatic rings. The minimum Gasteiger partial charge on any atom is -0.497 e. The lowest BCUT2D eigenvalue weighted by Crippen LogP contribution is -2.49. The summed E-state index contributed by atoms with van der Waals surface area (Å²) in [6.07, 6.45) is 0. The number of para-hydroxylation sites is 1. The summed E-state index contributed by atoms with van der Waals surface area (Å²) in [6.45, 7) is 3.02. The van der Waals surface area contributed by atoms with E-state index in [1.54, 1.807) is 7.11 Å². The molecule has 0 N–H and O–H groups in total. The van der Waals surface area contributed by atoms with E-state index < -0.39 is 0 Å². The van der Waals surface area contributed by atoms with Crippen molar-refractivity contribution in [1.29, 1.82) is 0 Å². The number of rotatable bonds is 5. The number of carbonyl (C=O) groups is 1. The largest absolute Gasteiger partial charge is 0.497 e. The third-order valence-corrected chi connectivity index (χ3v) is 6.70. The van der Waals surface area contributed by atoms with Crippen LogP contribution < -0.4 is 9.64 Å². The van der Waals surface area contributed by atoms with Gasteiger partial charge in [-0.25, -0.2) is 4.98 Å². The highest BCUT2D eigenvalue weighted by Crippen LogP contribution is 2.26. The molecule has 164 valence electrons. The number of thioether (sulfide) groups is 1. The van der Waals surface area contributed by atoms with Gasteiger partial charge in [-0.3, -0.25) is 4.79 Å². The second kappa shape index (κ2) is 8.66. The third-order valence-electron chi connectivity index (χ3n) is 5.88. The molecule has 0 saturated carbocycles. The van der Waals surface area contributed by atoms with Gasteiger partial charge in [-0.2, -0.15) is 0 Å². The first-order valence-corrected chi connectivity index (χ1v) is 11.5. The van der Waals surface area contributed by atoms with E-state index in [1.165, 1.54) is 11.8 Å². The van der Waals surface area contributed by atoms with Gasteiger partial charge >= 0.3 is 0 Å². The lowest BCUT2D eigenvalue weighted by molar-refractivity contribution is -0.128. The number of nitrogens with zero attached hydrogens (tertiary/aromatic N) is 6. The van der Waals surface area contributed by atoms with Gasteiger partial charge in [-0.15, -0.1) is 10.2 Å². The van der Waals surface area contributed by atoms with E-state index in [4.69, 9.17) is 4.74 Å². The van der Waals surface area contributed by atoms with Crippen LogP contribution in [0.2, 0.25) is 0 Å². The van der Waals surface area contributed by atoms with Crippen molar-refractivity contribution >= 4 is 45.4 Å². The molecule has 1 aliphatic heterocycles. The van der Waals surface area contributed by atoms with Crippen molar-refractivity contribution < 1.29 is 9.53 Å². The number of ether oxygens (including phenoxy) is 1. The molecule has 5 rings (SSSR count). The van der Waals surface area contributed by atoms with Crippen molar-refractivity contribution in [2.24, 2.45) is 7.05 Å². The summed E-state index contributed by atoms with van der Waals surface area (Å²) in [6, 6.07) is 16.1. The highest BCUT2D eigenvalue weighted by molar-refractivity contribution is 7.99. The number of fused-ring (bicyclic) bond motifs is 3. The Morgan fingerprint density at radius 3 is 2.53 bits per heavy atom. The first-order valence-electron chi connectivity index (χ1n) is 10.5. The van der Waals surface area contributed by atoms with Gasteiger partial charge in [0.1, 0.15) is 11.3 Å². The van der Waals surface area contributed by atoms with E-state index in [0.29, 0.717) is 24.0 Å². The molecule has 0 unspecified atom stereocenters. The molecule has 2 aromatic carbocycles. The van der Waals surface area contributed by atoms with E-state index in [9.17, 15) is 4.79 Å². The van der Waals surface area contributed by atoms with Crippen molar-refractivity contribution in [2.75, 3.05) is 43.9 Å². The summed E-state index contributed by atoms with van der Waals surface area (Å²) in [4.78, 5) is 21.6. The minimum absolute atomic E-state index is 0.102. The maximum absolute atomic E-state index is 12.8. The number of aryl methyl sites for hydroxylation is 1. The van der Waals surface area contributed by atoms with E-state index >= 15 is 0 Å². The quantitative estimate of drug-likeness (QED) is 0.435. The number of piperazine rings is 1. The summed E-state index contributed by atoms with van der Waals surface area (Å²) in [5.41, 5.74) is 3.78. The molecule has 1 saturated heterocycles. The zero-order valence-corrected chi connectivity index (χ0v) is 18.9. The van der Waals surface area contributed by atoms with Crippen LogP contribution >= 0.6 is 11.8 Å². The molecule has 1 fully saturated rings. The van der Waals surface area contributed by atoms with Crippen molar-refractivity contribution in [2.45, 2.75) is 5.16 Å². The molecule has 2 aromatic heterocycles. The lowest BCUT2D eigenvalue weighted by Gasteiger charge is -2.36. The maximum Gasteiger partial charge on any atom is 0.233 e. The molecule has 1 aliphatic rings. The molecule has 8 nitrogen and oxygen atoms in total. The van der Waals surface area contributed by atoms with Gasteiger partial charge in [0.05, 0.1) is 18.4 Å². The van der Waals surface area contributed by atoms with Crippen molar-refractivity contribution in [1.82, 2.24) is 24.6 Å². The van der Waals surface area contributed by atoms with Gasteiger partial charge in [0, 0.05) is 44.3 Å². The zero-order valence-electron chi connectivity index (χ0n) is 18.1. The first-order chi connectivity index (χ1) is 15.6. The van der Waals surface area contributed by atoms with Crippen molar-refractivity contribution in [3.8, 4) is 5.75 Å². The van der Waals surface area contributed by atoms with Gasteiger partial charge < -0.3 is 19.1 Å². The highest BCUT2D eigenvalue weighted by atomic mass is 32.2. The topological polar surface area (TPSA) is 76.4 Å². The second-order valence-electron chi connectivity index (χ2n) is 7.70. The Balaban J connectivity index is 1.20. The van der Waals surface area contributed by atoms with Crippen LogP contribution in [0.1, 0.15) is 0 Å². The van der Waals surface area contributed by atoms with Crippen LogP contribution in [0.3, 0.4) is 0 Å². The molecule has 1 amide bonds. The first kappa shape index (κ1) is 20.6. The molecule has 0 aliphatic carbocycles. The number of methoxy groups -OCH3 is 1. The Kier molecular flexibility index (Phi) is 5.57. The Hall–Kier alpha value is -3.33. The summed E-state index contributed by atoms with van der Waals surface area (Å²) in [5.74, 6) is 1.25. The van der Waals surface area contributed by atoms with Gasteiger partial charge in [0.15, 0.2) is 5.65 Å². The Morgan fingerprint density at radius 1 is 1.03 bits per heavy atom. The van der Waals surface area contributed by atoms with Crippen LogP contribution in [0.15, 0.2) is 53.7 Å². The Labute approximate surface area is 190 Å². The molecular weight excluding hydrogens is 424 g/mol. The highest BCUT2D eigenvalue weighted by Gasteiger charge is 2.22. The van der Waals surface area contributed by atoms with Gasteiger partial charge in [-0.05, 0) is 30.3 Å². The van der Waals surface area contributed by atoms with Crippen molar-refractivity contribution in [3.63, 3.8) is 0 Å². The molecule has 3 heterocycles. The molecule has 0 bridgehead atoms. The smallest absolute Gasteiger partial charge is 0.233 e. The fraction of sp³-hybridized carbons (Fsp3) is 0.304. The zero-order chi connectivity index (χ0) is 22.1. The number of anilines is 1. The van der Waals surface area contributed by atoms with Crippen LogP contribution in [0.4, 0.5) is 5.69 Å². The van der Waals surface area contributed by atoms with E-state index in [-0.39, 0.29) is 5.91 Å². The van der Waals surface area contributed by atoms with Crippen molar-refractivity contribution in [3.05, 3.63) is 48.5 Å². The lowest BCUT2D eigenvalue weighted by atomic mass is 10.2. The van der Waals surface area contributed by atoms with Gasteiger partial charge in [0.2, 0.25) is 11.1 Å². The number of hydrogen-bond acceptors (Lipinski definition) is 7. The number of amides is 1. The summed E-state index contributed by atoms with van der Waals surface area (Å²) >= 11 is 1.34. The van der Waals surface area contributed by atoms with E-state index in [2.05, 4.69) is 32.2 Å². The van der Waals surface area contributed by atoms with Crippen LogP contribution in [-0.2, 0) is 11.8 Å². The van der Waals surface area contributed by atoms with Crippen LogP contribution in [-0.4, -0.2) is 69.6 Å². The second-order valence-corrected chi connectivity index (χ2v) is 8.64. The summed E-state index contributed by atoms with van der Waals surface area (Å²) in [5, 5.41) is 10.2. The standard InChI is InChI=1S/C23H24N6O2S/c1-27-19-6-4-3-5-18(19)21-22(27)24-23(26-25-21)32-15-20(30)29-13-11-28(12-14-29)16-7-9-17(31-2)10-8-16/h3-10H,11-15H2,1-2H3. The van der Waals surface area contributed by atoms with E-state index in [1.807, 2.05) is 52.9 Å². The minimum atomic E-state index is 0.102. The van der Waals surface area contributed by atoms with Crippen LogP contribution in [0, 0.1) is 0 Å². The van der Waals surface area contributed by atoms with Gasteiger partial charge in [-0.1, -0.05) is 30.0 Å². The van der Waals surface area contributed by atoms with Gasteiger partial charge in [0.25, 0.3) is 0 Å². The average Bonchev–Trinajstić information content (AvgIpc) is 3.14. The molecule has 0 radical (unpaired) electrons. The maximum atomic E-state index is 12.8. The van der Waals surface area contributed by atoms with Crippen LogP contribution in [0.5, 0.6) is 5.75 Å². The number of carbonyl (C=O) groups excluding carboxylic acids is 1. The molecule has 9 heteroatoms. The average molecular weight is 449 g/mol. The normalized spacial score (nSPS) is 14.3. The van der Waals surface area contributed by atoms with Crippen LogP contribution in [0.25, 0.3) is 22.1 Å². The van der Waals surface area contributed by atoms with E-state index in [0.717, 1.165) is 46.6 Å². The molecular formula is C23H24N6O2S. The monoisotopic (exact) mass is 448 g/mol. The predicted molar refractivity (Wildman–Crippen MR) is 126 cm³/mol. The predicted octanol–water partition coefficient (Wildman–Crippen LogP) is 2.97. The Morgan fingerprint density at radius 2 is 1.78 bits per heavy atom. The molecule has 0 atom stereocenters. The fourth-order valence-electron chi connectivity index (χ4n) is 4.08. The molecule has 32 heavy (non-hydrogen) atoms. The summed E-state index contributed by atoms with van der Waals surface area (Å²) < 4.78 is 7.24. The number of hydrogen-bond donors (Lipinski definition) is 0. The third kappa shape index (κ3) is 3.84. The molecule has 0 spiro atoms. The summed E-state index contributed by atoms with van der Waals surface area (Å²) in [7, 11) is 3.64.